The molecule has 0 bridgehead atoms. The molecule has 34 heavy (non-hydrogen) atoms. The number of piperidine rings is 1. The highest BCUT2D eigenvalue weighted by Crippen LogP contribution is 2.33. The smallest absolute Gasteiger partial charge is 0.347 e. The summed E-state index contributed by atoms with van der Waals surface area (Å²) < 4.78 is 35.1. The summed E-state index contributed by atoms with van der Waals surface area (Å²) in [6.45, 7) is 4.11. The zero-order valence-electron chi connectivity index (χ0n) is 18.9. The third kappa shape index (κ3) is 6.74. The van der Waals surface area contributed by atoms with Crippen LogP contribution < -0.4 is 5.32 Å². The van der Waals surface area contributed by atoms with E-state index in [4.69, 9.17) is 9.29 Å². The van der Waals surface area contributed by atoms with Crippen LogP contribution in [0, 0.1) is 12.8 Å². The summed E-state index contributed by atoms with van der Waals surface area (Å²) in [7, 11) is -4.02. The number of carbonyl (C=O) groups excluding carboxylic acids is 1. The number of nitrogens with one attached hydrogen (secondary N) is 1. The van der Waals surface area contributed by atoms with Crippen LogP contribution in [0.1, 0.15) is 29.5 Å². The van der Waals surface area contributed by atoms with Gasteiger partial charge in [-0.2, -0.15) is 19.8 Å². The molecule has 1 aliphatic rings. The van der Waals surface area contributed by atoms with Crippen molar-refractivity contribution in [3.63, 3.8) is 0 Å². The first-order chi connectivity index (χ1) is 16.2. The number of rotatable bonds is 6. The maximum Gasteiger partial charge on any atom is 0.347 e. The molecule has 1 aromatic heterocycles. The summed E-state index contributed by atoms with van der Waals surface area (Å²) in [6.07, 6.45) is 1.99. The van der Waals surface area contributed by atoms with E-state index in [-0.39, 0.29) is 4.90 Å². The first kappa shape index (κ1) is 26.1. The van der Waals surface area contributed by atoms with E-state index in [0.29, 0.717) is 23.7 Å². The van der Waals surface area contributed by atoms with E-state index >= 15 is 0 Å². The van der Waals surface area contributed by atoms with Gasteiger partial charge in [-0.05, 0) is 73.3 Å². The van der Waals surface area contributed by atoms with Gasteiger partial charge in [0.15, 0.2) is 0 Å². The molecule has 9 heteroatoms. The molecule has 2 heterocycles. The quantitative estimate of drug-likeness (QED) is 0.347. The Balaban J connectivity index is 0.000000248. The molecule has 0 radical (unpaired) electrons. The molecule has 3 aromatic rings. The molecule has 7 nitrogen and oxygen atoms in total. The number of benzene rings is 2. The van der Waals surface area contributed by atoms with Gasteiger partial charge >= 0.3 is 5.97 Å². The molecule has 1 atom stereocenters. The highest BCUT2D eigenvalue weighted by Gasteiger charge is 2.42. The Bertz CT molecular complexity index is 1140. The van der Waals surface area contributed by atoms with Crippen LogP contribution in [0.2, 0.25) is 0 Å². The van der Waals surface area contributed by atoms with Crippen molar-refractivity contribution >= 4 is 27.4 Å². The van der Waals surface area contributed by atoms with Gasteiger partial charge in [0.25, 0.3) is 10.1 Å². The Labute approximate surface area is 204 Å². The van der Waals surface area contributed by atoms with Crippen LogP contribution in [0.25, 0.3) is 0 Å². The first-order valence-corrected chi connectivity index (χ1v) is 13.3. The Morgan fingerprint density at radius 3 is 2.26 bits per heavy atom. The van der Waals surface area contributed by atoms with Crippen molar-refractivity contribution in [3.05, 3.63) is 88.1 Å². The number of ether oxygens (including phenoxy) is 1. The highest BCUT2D eigenvalue weighted by molar-refractivity contribution is 7.85. The molecular weight excluding hydrogens is 474 g/mol. The standard InChI is InChI=1S/C18H21NO3S.C7H8O3S/c20-17(22-12-14-6-9-19-10-7-14)18(21,16-8-11-23-13-16)15-4-2-1-3-5-15;1-6-2-4-7(5-3-6)11(8,9)10/h1-5,8,11,13-14,19,21H,6-7,9-10,12H2;2-5H,1H3,(H,8,9,10). The van der Waals surface area contributed by atoms with Crippen LogP contribution in [0.4, 0.5) is 0 Å². The second-order valence-corrected chi connectivity index (χ2v) is 10.4. The topological polar surface area (TPSA) is 113 Å². The number of hydrogen-bond acceptors (Lipinski definition) is 7. The minimum atomic E-state index is -4.02. The van der Waals surface area contributed by atoms with E-state index in [2.05, 4.69) is 5.32 Å². The lowest BCUT2D eigenvalue weighted by atomic mass is 9.88. The van der Waals surface area contributed by atoms with Crippen LogP contribution in [-0.2, 0) is 25.3 Å². The fraction of sp³-hybridized carbons (Fsp3) is 0.320. The van der Waals surface area contributed by atoms with Gasteiger partial charge in [-0.25, -0.2) is 4.79 Å². The van der Waals surface area contributed by atoms with Crippen molar-refractivity contribution in [2.75, 3.05) is 19.7 Å². The third-order valence-electron chi connectivity index (χ3n) is 5.65. The van der Waals surface area contributed by atoms with Gasteiger partial charge in [0.1, 0.15) is 0 Å². The number of esters is 1. The van der Waals surface area contributed by atoms with Crippen LogP contribution in [0.3, 0.4) is 0 Å². The summed E-state index contributed by atoms with van der Waals surface area (Å²) in [4.78, 5) is 12.7. The molecule has 4 rings (SSSR count). The molecule has 1 fully saturated rings. The molecule has 0 aliphatic carbocycles. The molecule has 1 saturated heterocycles. The summed E-state index contributed by atoms with van der Waals surface area (Å²) >= 11 is 1.45. The fourth-order valence-electron chi connectivity index (χ4n) is 3.61. The average molecular weight is 504 g/mol. The number of aliphatic hydroxyl groups is 1. The Kier molecular flexibility index (Phi) is 8.98. The zero-order chi connectivity index (χ0) is 24.6. The van der Waals surface area contributed by atoms with E-state index < -0.39 is 21.7 Å². The van der Waals surface area contributed by atoms with E-state index in [0.717, 1.165) is 31.5 Å². The maximum absolute atomic E-state index is 12.7. The second kappa shape index (κ2) is 11.7. The molecule has 0 amide bonds. The molecule has 0 saturated carbocycles. The maximum atomic E-state index is 12.7. The SMILES string of the molecule is Cc1ccc(S(=O)(=O)O)cc1.O=C(OCC1CCNCC1)C(O)(c1ccccc1)c1ccsc1. The Hall–Kier alpha value is -2.56. The van der Waals surface area contributed by atoms with Gasteiger partial charge in [-0.3, -0.25) is 4.55 Å². The van der Waals surface area contributed by atoms with Crippen molar-refractivity contribution in [2.45, 2.75) is 30.3 Å². The van der Waals surface area contributed by atoms with E-state index in [1.54, 1.807) is 35.7 Å². The lowest BCUT2D eigenvalue weighted by Gasteiger charge is -2.28. The molecular formula is C25H29NO6S2. The van der Waals surface area contributed by atoms with Crippen LogP contribution >= 0.6 is 11.3 Å². The number of thiophene rings is 1. The fourth-order valence-corrected chi connectivity index (χ4v) is 4.79. The molecule has 182 valence electrons. The molecule has 0 spiro atoms. The molecule has 1 unspecified atom stereocenters. The van der Waals surface area contributed by atoms with Gasteiger partial charge < -0.3 is 15.2 Å². The minimum Gasteiger partial charge on any atom is -0.463 e. The van der Waals surface area contributed by atoms with Crippen molar-refractivity contribution in [3.8, 4) is 0 Å². The number of hydrogen-bond donors (Lipinski definition) is 3. The molecule has 2 aromatic carbocycles. The van der Waals surface area contributed by atoms with E-state index in [1.807, 2.05) is 30.5 Å². The van der Waals surface area contributed by atoms with Gasteiger partial charge in [-0.1, -0.05) is 48.0 Å². The monoisotopic (exact) mass is 503 g/mol. The van der Waals surface area contributed by atoms with Gasteiger partial charge in [0.05, 0.1) is 11.5 Å². The summed E-state index contributed by atoms with van der Waals surface area (Å²) in [5.41, 5.74) is 0.309. The molecule has 3 N–H and O–H groups in total. The number of aryl methyl sites for hydroxylation is 1. The molecule has 1 aliphatic heterocycles. The summed E-state index contributed by atoms with van der Waals surface area (Å²) in [5, 5.41) is 18.1. The van der Waals surface area contributed by atoms with Crippen molar-refractivity contribution in [1.82, 2.24) is 5.32 Å². The lowest BCUT2D eigenvalue weighted by Crippen LogP contribution is -2.39. The van der Waals surface area contributed by atoms with Crippen LogP contribution in [0.15, 0.2) is 76.3 Å². The van der Waals surface area contributed by atoms with Gasteiger partial charge in [0.2, 0.25) is 5.60 Å². The average Bonchev–Trinajstić information content (AvgIpc) is 3.39. The predicted molar refractivity (Wildman–Crippen MR) is 131 cm³/mol. The van der Waals surface area contributed by atoms with Gasteiger partial charge in [-0.15, -0.1) is 0 Å². The largest absolute Gasteiger partial charge is 0.463 e. The first-order valence-electron chi connectivity index (χ1n) is 10.9. The summed E-state index contributed by atoms with van der Waals surface area (Å²) in [5.74, 6) is -0.233. The Morgan fingerprint density at radius 2 is 1.71 bits per heavy atom. The van der Waals surface area contributed by atoms with Crippen LogP contribution in [0.5, 0.6) is 0 Å². The number of carbonyl (C=O) groups is 1. The third-order valence-corrected chi connectivity index (χ3v) is 7.20. The van der Waals surface area contributed by atoms with Gasteiger partial charge in [0, 0.05) is 5.56 Å². The zero-order valence-corrected chi connectivity index (χ0v) is 20.5. The highest BCUT2D eigenvalue weighted by atomic mass is 32.2. The van der Waals surface area contributed by atoms with E-state index in [9.17, 15) is 18.3 Å². The Morgan fingerprint density at radius 1 is 1.06 bits per heavy atom. The lowest BCUT2D eigenvalue weighted by molar-refractivity contribution is -0.163. The van der Waals surface area contributed by atoms with Crippen molar-refractivity contribution < 1.29 is 27.6 Å². The van der Waals surface area contributed by atoms with E-state index in [1.165, 1.54) is 23.5 Å². The van der Waals surface area contributed by atoms with Crippen molar-refractivity contribution in [2.24, 2.45) is 5.92 Å². The summed E-state index contributed by atoms with van der Waals surface area (Å²) in [6, 6.07) is 16.7. The van der Waals surface area contributed by atoms with Crippen molar-refractivity contribution in [1.29, 1.82) is 0 Å². The predicted octanol–water partition coefficient (Wildman–Crippen LogP) is 3.77. The minimum absolute atomic E-state index is 0.0666. The second-order valence-electron chi connectivity index (χ2n) is 8.17. The van der Waals surface area contributed by atoms with Crippen LogP contribution in [-0.4, -0.2) is 43.7 Å². The normalized spacial score (nSPS) is 16.1.